The van der Waals surface area contributed by atoms with Gasteiger partial charge in [-0.05, 0) is 56.0 Å². The summed E-state index contributed by atoms with van der Waals surface area (Å²) in [5.41, 5.74) is 1.98. The summed E-state index contributed by atoms with van der Waals surface area (Å²) in [6.45, 7) is 4.71. The number of aryl methyl sites for hydroxylation is 1. The van der Waals surface area contributed by atoms with Crippen LogP contribution in [0.4, 0.5) is 0 Å². The molecule has 1 atom stereocenters. The third-order valence-electron chi connectivity index (χ3n) is 5.46. The third-order valence-corrected chi connectivity index (χ3v) is 5.46. The van der Waals surface area contributed by atoms with Crippen molar-refractivity contribution in [2.75, 3.05) is 13.7 Å². The second-order valence-electron chi connectivity index (χ2n) is 7.94. The molecule has 1 aliphatic heterocycles. The molecule has 5 nitrogen and oxygen atoms in total. The lowest BCUT2D eigenvalue weighted by molar-refractivity contribution is -0.0839. The Hall–Kier alpha value is -2.79. The van der Waals surface area contributed by atoms with E-state index in [-0.39, 0.29) is 11.7 Å². The summed E-state index contributed by atoms with van der Waals surface area (Å²) in [7, 11) is 1.70. The first-order valence-electron chi connectivity index (χ1n) is 9.95. The van der Waals surface area contributed by atoms with Crippen LogP contribution in [0.3, 0.4) is 0 Å². The van der Waals surface area contributed by atoms with Gasteiger partial charge in [0.2, 0.25) is 0 Å². The fourth-order valence-corrected chi connectivity index (χ4v) is 3.85. The van der Waals surface area contributed by atoms with E-state index in [4.69, 9.17) is 18.6 Å². The fraction of sp³-hybridized carbons (Fsp3) is 0.375. The van der Waals surface area contributed by atoms with Crippen LogP contribution in [-0.4, -0.2) is 25.4 Å². The van der Waals surface area contributed by atoms with E-state index >= 15 is 0 Å². The molecular weight excluding hydrogens is 368 g/mol. The van der Waals surface area contributed by atoms with Crippen molar-refractivity contribution < 1.29 is 18.6 Å². The normalized spacial score (nSPS) is 17.6. The monoisotopic (exact) mass is 394 g/mol. The highest BCUT2D eigenvalue weighted by Crippen LogP contribution is 2.37. The number of para-hydroxylation sites is 1. The quantitative estimate of drug-likeness (QED) is 0.454. The molecule has 0 amide bonds. The minimum Gasteiger partial charge on any atom is -0.496 e. The van der Waals surface area contributed by atoms with E-state index < -0.39 is 5.60 Å². The maximum absolute atomic E-state index is 11.5. The second-order valence-corrected chi connectivity index (χ2v) is 7.94. The zero-order valence-corrected chi connectivity index (χ0v) is 17.1. The van der Waals surface area contributed by atoms with Gasteiger partial charge in [-0.2, -0.15) is 0 Å². The van der Waals surface area contributed by atoms with Gasteiger partial charge >= 0.3 is 5.63 Å². The molecule has 1 aromatic heterocycles. The number of ether oxygens (including phenoxy) is 3. The van der Waals surface area contributed by atoms with Crippen LogP contribution in [0.2, 0.25) is 0 Å². The Morgan fingerprint density at radius 3 is 2.79 bits per heavy atom. The Balaban J connectivity index is 1.43. The molecule has 0 fully saturated rings. The van der Waals surface area contributed by atoms with Gasteiger partial charge in [-0.25, -0.2) is 4.79 Å². The van der Waals surface area contributed by atoms with Crippen LogP contribution in [0.25, 0.3) is 11.0 Å². The lowest BCUT2D eigenvalue weighted by Gasteiger charge is -2.39. The second kappa shape index (κ2) is 7.91. The van der Waals surface area contributed by atoms with Gasteiger partial charge in [0.25, 0.3) is 0 Å². The summed E-state index contributed by atoms with van der Waals surface area (Å²) >= 11 is 0. The molecule has 0 saturated heterocycles. The minimum atomic E-state index is -0.472. The van der Waals surface area contributed by atoms with E-state index in [1.807, 2.05) is 44.2 Å². The van der Waals surface area contributed by atoms with E-state index in [0.717, 1.165) is 41.7 Å². The molecule has 3 aromatic rings. The zero-order valence-electron chi connectivity index (χ0n) is 17.1. The molecule has 152 valence electrons. The molecule has 4 rings (SSSR count). The number of fused-ring (bicyclic) bond motifs is 2. The molecule has 0 saturated carbocycles. The third kappa shape index (κ3) is 4.15. The zero-order chi connectivity index (χ0) is 20.4. The average molecular weight is 394 g/mol. The summed E-state index contributed by atoms with van der Waals surface area (Å²) in [6, 6.07) is 15.1. The van der Waals surface area contributed by atoms with Gasteiger partial charge in [0.05, 0.1) is 7.11 Å². The van der Waals surface area contributed by atoms with E-state index in [1.165, 1.54) is 11.6 Å². The van der Waals surface area contributed by atoms with E-state index in [0.29, 0.717) is 12.2 Å². The van der Waals surface area contributed by atoms with Crippen molar-refractivity contribution in [3.63, 3.8) is 0 Å². The average Bonchev–Trinajstić information content (AvgIpc) is 2.70. The first kappa shape index (κ1) is 19.5. The summed E-state index contributed by atoms with van der Waals surface area (Å²) in [4.78, 5) is 11.5. The number of rotatable bonds is 6. The summed E-state index contributed by atoms with van der Waals surface area (Å²) in [6.07, 6.45) is 2.51. The van der Waals surface area contributed by atoms with Gasteiger partial charge in [0, 0.05) is 30.5 Å². The van der Waals surface area contributed by atoms with Crippen molar-refractivity contribution >= 4 is 11.0 Å². The highest BCUT2D eigenvalue weighted by atomic mass is 16.6. The van der Waals surface area contributed by atoms with Crippen LogP contribution in [0, 0.1) is 0 Å². The molecule has 0 unspecified atom stereocenters. The molecule has 5 heteroatoms. The van der Waals surface area contributed by atoms with Gasteiger partial charge < -0.3 is 18.6 Å². The Morgan fingerprint density at radius 2 is 1.97 bits per heavy atom. The number of hydrogen-bond acceptors (Lipinski definition) is 5. The van der Waals surface area contributed by atoms with Crippen molar-refractivity contribution in [3.8, 4) is 11.5 Å². The van der Waals surface area contributed by atoms with Crippen molar-refractivity contribution in [3.05, 3.63) is 70.1 Å². The summed E-state index contributed by atoms with van der Waals surface area (Å²) in [5.74, 6) is 1.67. The maximum Gasteiger partial charge on any atom is 0.336 e. The SMILES string of the molecule is COc1ccccc1CCCO[C@H]1Cc2cc3ccc(=O)oc3cc2OC1(C)C. The largest absolute Gasteiger partial charge is 0.496 e. The first-order chi connectivity index (χ1) is 14.0. The predicted octanol–water partition coefficient (Wildman–Crippen LogP) is 4.53. The van der Waals surface area contributed by atoms with Crippen LogP contribution in [0.5, 0.6) is 11.5 Å². The molecule has 2 aromatic carbocycles. The van der Waals surface area contributed by atoms with Crippen molar-refractivity contribution in [2.45, 2.75) is 44.8 Å². The number of hydrogen-bond donors (Lipinski definition) is 0. The Bertz CT molecular complexity index is 1070. The molecule has 0 radical (unpaired) electrons. The van der Waals surface area contributed by atoms with Crippen molar-refractivity contribution in [2.24, 2.45) is 0 Å². The molecule has 0 spiro atoms. The van der Waals surface area contributed by atoms with Crippen LogP contribution in [-0.2, 0) is 17.6 Å². The van der Waals surface area contributed by atoms with E-state index in [9.17, 15) is 4.79 Å². The van der Waals surface area contributed by atoms with Crippen LogP contribution >= 0.6 is 0 Å². The Morgan fingerprint density at radius 1 is 1.14 bits per heavy atom. The molecule has 0 N–H and O–H groups in total. The van der Waals surface area contributed by atoms with Gasteiger partial charge in [-0.15, -0.1) is 0 Å². The number of benzene rings is 2. The lowest BCUT2D eigenvalue weighted by Crippen LogP contribution is -2.48. The van der Waals surface area contributed by atoms with Gasteiger partial charge in [0.15, 0.2) is 0 Å². The standard InChI is InChI=1S/C24H26O5/c1-24(2)22(27-12-6-8-16-7-4-5-9-19(16)26-3)14-18-13-17-10-11-23(25)28-20(17)15-21(18)29-24/h4-5,7,9-11,13,15,22H,6,8,12,14H2,1-3H3/t22-/m0/s1. The fourth-order valence-electron chi connectivity index (χ4n) is 3.85. The van der Waals surface area contributed by atoms with Crippen LogP contribution in [0.1, 0.15) is 31.4 Å². The summed E-state index contributed by atoms with van der Waals surface area (Å²) < 4.78 is 23.2. The molecular formula is C24H26O5. The Kier molecular flexibility index (Phi) is 5.33. The highest BCUT2D eigenvalue weighted by molar-refractivity contribution is 5.79. The van der Waals surface area contributed by atoms with Gasteiger partial charge in [0.1, 0.15) is 28.8 Å². The van der Waals surface area contributed by atoms with Gasteiger partial charge in [-0.1, -0.05) is 18.2 Å². The molecule has 2 heterocycles. The smallest absolute Gasteiger partial charge is 0.336 e. The first-order valence-corrected chi connectivity index (χ1v) is 9.95. The minimum absolute atomic E-state index is 0.0548. The van der Waals surface area contributed by atoms with Crippen molar-refractivity contribution in [1.82, 2.24) is 0 Å². The van der Waals surface area contributed by atoms with Crippen LogP contribution in [0.15, 0.2) is 57.7 Å². The maximum atomic E-state index is 11.5. The topological polar surface area (TPSA) is 57.9 Å². The predicted molar refractivity (Wildman–Crippen MR) is 112 cm³/mol. The number of methoxy groups -OCH3 is 1. The van der Waals surface area contributed by atoms with Crippen molar-refractivity contribution in [1.29, 1.82) is 0 Å². The highest BCUT2D eigenvalue weighted by Gasteiger charge is 2.38. The van der Waals surface area contributed by atoms with E-state index in [1.54, 1.807) is 13.2 Å². The molecule has 0 bridgehead atoms. The summed E-state index contributed by atoms with van der Waals surface area (Å²) in [5, 5.41) is 0.890. The Labute approximate surface area is 170 Å². The lowest BCUT2D eigenvalue weighted by atomic mass is 9.90. The molecule has 1 aliphatic rings. The van der Waals surface area contributed by atoms with Crippen LogP contribution < -0.4 is 15.1 Å². The van der Waals surface area contributed by atoms with Gasteiger partial charge in [-0.3, -0.25) is 0 Å². The molecule has 29 heavy (non-hydrogen) atoms. The molecule has 0 aliphatic carbocycles. The van der Waals surface area contributed by atoms with E-state index in [2.05, 4.69) is 6.07 Å².